The van der Waals surface area contributed by atoms with Crippen LogP contribution in [0.1, 0.15) is 226 Å². The zero-order valence-corrected chi connectivity index (χ0v) is 34.2. The smallest absolute Gasteiger partial charge is 0.0654 e. The average molecular weight is 756 g/mol. The van der Waals surface area contributed by atoms with Crippen molar-refractivity contribution in [3.8, 4) is 0 Å². The van der Waals surface area contributed by atoms with Crippen LogP contribution in [0.2, 0.25) is 8.87 Å². The second kappa shape index (κ2) is 42.5. The van der Waals surface area contributed by atoms with Crippen molar-refractivity contribution in [3.05, 3.63) is 11.6 Å². The molecule has 5 heteroatoms. The van der Waals surface area contributed by atoms with Crippen molar-refractivity contribution in [1.29, 1.82) is 0 Å². The molecule has 0 aromatic heterocycles. The molecular formula is C41H80O4Sn. The van der Waals surface area contributed by atoms with Gasteiger partial charge in [0.25, 0.3) is 0 Å². The number of aliphatic carboxylic acids is 2. The molecule has 0 aliphatic carbocycles. The second-order valence-corrected chi connectivity index (χ2v) is 18.1. The van der Waals surface area contributed by atoms with Crippen molar-refractivity contribution < 1.29 is 19.8 Å². The number of unbranched alkanes of at least 4 members (excludes halogenated alkanes) is 30. The summed E-state index contributed by atoms with van der Waals surface area (Å²) in [4.78, 5) is 19.7. The van der Waals surface area contributed by atoms with Gasteiger partial charge in [-0.3, -0.25) is 0 Å². The summed E-state index contributed by atoms with van der Waals surface area (Å²) in [5.74, 6) is -2.45. The monoisotopic (exact) mass is 757 g/mol. The second-order valence-electron chi connectivity index (χ2n) is 13.8. The zero-order valence-electron chi connectivity index (χ0n) is 31.3. The van der Waals surface area contributed by atoms with Gasteiger partial charge in [-0.1, -0.05) is 78.1 Å². The first-order chi connectivity index (χ1) is 22.5. The Morgan fingerprint density at radius 2 is 0.630 bits per heavy atom. The molecule has 0 unspecified atom stereocenters. The number of carboxylic acids is 2. The van der Waals surface area contributed by atoms with Gasteiger partial charge >= 0.3 is 183 Å². The van der Waals surface area contributed by atoms with Gasteiger partial charge in [0, 0.05) is 11.6 Å². The van der Waals surface area contributed by atoms with Crippen LogP contribution in [0.25, 0.3) is 0 Å². The summed E-state index contributed by atoms with van der Waals surface area (Å²) in [6.07, 6.45) is 48.5. The summed E-state index contributed by atoms with van der Waals surface area (Å²) in [5, 5.41) is 16.1. The van der Waals surface area contributed by atoms with Crippen LogP contribution in [0.4, 0.5) is 0 Å². The average Bonchev–Trinajstić information content (AvgIpc) is 3.03. The normalized spacial score (nSPS) is 11.4. The molecule has 2 radical (unpaired) electrons. The summed E-state index contributed by atoms with van der Waals surface area (Å²) in [6, 6.07) is 0. The Bertz CT molecular complexity index is 614. The third kappa shape index (κ3) is 45.6. The molecule has 0 saturated heterocycles. The summed E-state index contributed by atoms with van der Waals surface area (Å²) >= 11 is 0.00985. The minimum Gasteiger partial charge on any atom is -0.0654 e. The molecule has 0 heterocycles. The maximum absolute atomic E-state index is 9.90. The molecule has 0 bridgehead atoms. The van der Waals surface area contributed by atoms with E-state index in [2.05, 4.69) is 13.8 Å². The molecule has 46 heavy (non-hydrogen) atoms. The third-order valence-corrected chi connectivity index (χ3v) is 13.1. The SMILES string of the molecule is C/C(=C/C(=O)O)C(=O)O.CCCCCCCCCCCCCCCCC[CH2][Sn][CH2]CCCCCCCCCCCCCCCCC. The molecular weight excluding hydrogens is 675 g/mol. The fourth-order valence-electron chi connectivity index (χ4n) is 5.97. The molecule has 0 aliphatic heterocycles. The Hall–Kier alpha value is -0.521. The molecule has 0 aromatic rings. The van der Waals surface area contributed by atoms with Gasteiger partial charge in [0.1, 0.15) is 0 Å². The molecule has 0 rings (SSSR count). The van der Waals surface area contributed by atoms with E-state index in [-0.39, 0.29) is 26.7 Å². The Morgan fingerprint density at radius 3 is 0.804 bits per heavy atom. The summed E-state index contributed by atoms with van der Waals surface area (Å²) in [6.45, 7) is 5.84. The molecule has 2 N–H and O–H groups in total. The van der Waals surface area contributed by atoms with Gasteiger partial charge in [-0.15, -0.1) is 0 Å². The number of hydrogen-bond acceptors (Lipinski definition) is 2. The van der Waals surface area contributed by atoms with Crippen LogP contribution in [0.5, 0.6) is 0 Å². The first-order valence-corrected chi connectivity index (χ1v) is 24.3. The van der Waals surface area contributed by atoms with Gasteiger partial charge in [0.15, 0.2) is 0 Å². The number of hydrogen-bond donors (Lipinski definition) is 2. The third-order valence-electron chi connectivity index (χ3n) is 9.09. The predicted molar refractivity (Wildman–Crippen MR) is 203 cm³/mol. The van der Waals surface area contributed by atoms with Gasteiger partial charge in [-0.05, 0) is 6.92 Å². The Balaban J connectivity index is 0. The molecule has 4 nitrogen and oxygen atoms in total. The molecule has 272 valence electrons. The first-order valence-electron chi connectivity index (χ1n) is 20.3. The van der Waals surface area contributed by atoms with Crippen LogP contribution in [0, 0.1) is 0 Å². The van der Waals surface area contributed by atoms with E-state index < -0.39 is 11.9 Å². The number of rotatable bonds is 36. The van der Waals surface area contributed by atoms with Gasteiger partial charge in [0.2, 0.25) is 0 Å². The van der Waals surface area contributed by atoms with Crippen molar-refractivity contribution in [2.75, 3.05) is 0 Å². The number of carbonyl (C=O) groups is 2. The Morgan fingerprint density at radius 1 is 0.413 bits per heavy atom. The van der Waals surface area contributed by atoms with E-state index in [9.17, 15) is 9.59 Å². The molecule has 0 aliphatic rings. The van der Waals surface area contributed by atoms with Crippen LogP contribution in [0.3, 0.4) is 0 Å². The van der Waals surface area contributed by atoms with E-state index in [4.69, 9.17) is 10.2 Å². The molecule has 0 fully saturated rings. The van der Waals surface area contributed by atoms with Gasteiger partial charge in [-0.25, -0.2) is 9.59 Å². The first kappa shape index (κ1) is 47.6. The van der Waals surface area contributed by atoms with Crippen LogP contribution in [-0.4, -0.2) is 43.3 Å². The Labute approximate surface area is 298 Å². The van der Waals surface area contributed by atoms with Crippen LogP contribution >= 0.6 is 0 Å². The van der Waals surface area contributed by atoms with Crippen LogP contribution in [-0.2, 0) is 9.59 Å². The molecule has 0 spiro atoms. The Kier molecular flexibility index (Phi) is 44.0. The van der Waals surface area contributed by atoms with E-state index in [1.807, 2.05) is 0 Å². The molecule has 0 amide bonds. The van der Waals surface area contributed by atoms with Crippen LogP contribution < -0.4 is 0 Å². The zero-order chi connectivity index (χ0) is 34.2. The van der Waals surface area contributed by atoms with Gasteiger partial charge in [0.05, 0.1) is 0 Å². The molecule has 0 saturated carbocycles. The van der Waals surface area contributed by atoms with E-state index in [0.717, 1.165) is 0 Å². The van der Waals surface area contributed by atoms with E-state index >= 15 is 0 Å². The van der Waals surface area contributed by atoms with Crippen molar-refractivity contribution >= 4 is 33.1 Å². The molecule has 0 atom stereocenters. The van der Waals surface area contributed by atoms with Gasteiger partial charge < -0.3 is 10.2 Å². The minimum absolute atomic E-state index is 0.00985. The predicted octanol–water partition coefficient (Wildman–Crippen LogP) is 14.2. The van der Waals surface area contributed by atoms with Crippen molar-refractivity contribution in [1.82, 2.24) is 0 Å². The van der Waals surface area contributed by atoms with E-state index in [1.165, 1.54) is 200 Å². The summed E-state index contributed by atoms with van der Waals surface area (Å²) < 4.78 is 3.33. The fourth-order valence-corrected chi connectivity index (χ4v) is 9.54. The van der Waals surface area contributed by atoms with E-state index in [1.54, 1.807) is 21.7 Å². The van der Waals surface area contributed by atoms with Crippen molar-refractivity contribution in [2.24, 2.45) is 0 Å². The maximum atomic E-state index is 9.90. The summed E-state index contributed by atoms with van der Waals surface area (Å²) in [7, 11) is 0. The molecule has 0 aromatic carbocycles. The minimum atomic E-state index is -1.24. The summed E-state index contributed by atoms with van der Waals surface area (Å²) in [5.41, 5.74) is -0.178. The van der Waals surface area contributed by atoms with Gasteiger partial charge in [-0.2, -0.15) is 0 Å². The topological polar surface area (TPSA) is 74.6 Å². The van der Waals surface area contributed by atoms with E-state index in [0.29, 0.717) is 6.08 Å². The van der Waals surface area contributed by atoms with Crippen LogP contribution in [0.15, 0.2) is 11.6 Å². The quantitative estimate of drug-likeness (QED) is 0.0379. The van der Waals surface area contributed by atoms with Crippen molar-refractivity contribution in [3.63, 3.8) is 0 Å². The standard InChI is InChI=1S/2C18H37.C5H6O4.Sn/c2*1-3-5-7-9-11-13-15-17-18-16-14-12-10-8-6-4-2;1-3(5(8)9)2-4(6)7;/h2*1,3-18H2,2H3;2H,1H3,(H,6,7)(H,8,9);/b;;3-2-;. The number of carboxylic acid groups (broad SMARTS) is 2. The van der Waals surface area contributed by atoms with Crippen molar-refractivity contribution in [2.45, 2.75) is 235 Å². The fraction of sp³-hybridized carbons (Fsp3) is 0.902.